The Labute approximate surface area is 140 Å². The minimum absolute atomic E-state index is 0.445. The van der Waals surface area contributed by atoms with Crippen molar-refractivity contribution < 1.29 is 32.2 Å². The minimum Gasteiger partial charge on any atom is -0.460 e. The number of pyridine rings is 1. The Morgan fingerprint density at radius 3 is 2.52 bits per heavy atom. The number of esters is 2. The number of alkyl halides is 3. The van der Waals surface area contributed by atoms with Gasteiger partial charge in [-0.1, -0.05) is 0 Å². The number of hydrogen-bond donors (Lipinski definition) is 0. The fourth-order valence-corrected chi connectivity index (χ4v) is 2.27. The highest BCUT2D eigenvalue weighted by atomic mass is 19.4. The van der Waals surface area contributed by atoms with Gasteiger partial charge in [0.05, 0.1) is 5.56 Å². The van der Waals surface area contributed by atoms with Gasteiger partial charge in [-0.15, -0.1) is 0 Å². The molecule has 0 saturated carbocycles. The molecule has 0 spiro atoms. The van der Waals surface area contributed by atoms with Gasteiger partial charge in [0.1, 0.15) is 18.0 Å². The van der Waals surface area contributed by atoms with E-state index < -0.39 is 30.8 Å². The second-order valence-electron chi connectivity index (χ2n) is 5.27. The fraction of sp³-hybridized carbons (Fsp3) is 0.467. The van der Waals surface area contributed by atoms with Gasteiger partial charge in [-0.2, -0.15) is 18.4 Å². The molecule has 1 aromatic rings. The summed E-state index contributed by atoms with van der Waals surface area (Å²) in [6.07, 6.45) is -3.23. The van der Waals surface area contributed by atoms with Gasteiger partial charge < -0.3 is 14.4 Å². The fourth-order valence-electron chi connectivity index (χ4n) is 2.27. The molecule has 0 aliphatic carbocycles. The summed E-state index contributed by atoms with van der Waals surface area (Å²) in [5.74, 6) is -2.76. The van der Waals surface area contributed by atoms with Crippen LogP contribution >= 0.6 is 0 Å². The van der Waals surface area contributed by atoms with Crippen LogP contribution in [-0.4, -0.2) is 48.9 Å². The Hall–Kier alpha value is -2.83. The lowest BCUT2D eigenvalue weighted by atomic mass is 10.1. The first-order chi connectivity index (χ1) is 11.8. The number of aromatic nitrogens is 1. The van der Waals surface area contributed by atoms with E-state index in [1.54, 1.807) is 12.1 Å². The second kappa shape index (κ2) is 7.83. The quantitative estimate of drug-likeness (QED) is 0.755. The van der Waals surface area contributed by atoms with E-state index in [0.29, 0.717) is 37.3 Å². The van der Waals surface area contributed by atoms with Crippen LogP contribution in [0, 0.1) is 11.3 Å². The summed E-state index contributed by atoms with van der Waals surface area (Å²) in [6.45, 7) is -0.0197. The molecule has 0 atom stereocenters. The van der Waals surface area contributed by atoms with Crippen LogP contribution in [-0.2, 0) is 19.1 Å². The summed E-state index contributed by atoms with van der Waals surface area (Å²) in [7, 11) is 0. The average molecular weight is 357 g/mol. The van der Waals surface area contributed by atoms with Gasteiger partial charge in [0.25, 0.3) is 0 Å². The number of anilines is 1. The standard InChI is InChI=1S/C15H14F3N3O4/c16-15(17,18)14(23)24-9-13(22)25-11-3-5-21(6-4-11)12-2-1-10(7-19)8-20-12/h1-2,8,11H,3-6,9H2. The molecular weight excluding hydrogens is 343 g/mol. The molecule has 0 aromatic carbocycles. The van der Waals surface area contributed by atoms with E-state index in [0.717, 1.165) is 0 Å². The van der Waals surface area contributed by atoms with Crippen LogP contribution in [0.2, 0.25) is 0 Å². The van der Waals surface area contributed by atoms with Gasteiger partial charge in [-0.05, 0) is 12.1 Å². The Morgan fingerprint density at radius 2 is 2.00 bits per heavy atom. The van der Waals surface area contributed by atoms with Gasteiger partial charge in [0.2, 0.25) is 0 Å². The maximum absolute atomic E-state index is 12.0. The zero-order valence-corrected chi connectivity index (χ0v) is 13.0. The number of carbonyl (C=O) groups excluding carboxylic acids is 2. The molecule has 7 nitrogen and oxygen atoms in total. The van der Waals surface area contributed by atoms with Crippen LogP contribution in [0.5, 0.6) is 0 Å². The number of piperidine rings is 1. The number of carbonyl (C=O) groups is 2. The minimum atomic E-state index is -5.14. The predicted molar refractivity (Wildman–Crippen MR) is 77.3 cm³/mol. The topological polar surface area (TPSA) is 92.5 Å². The molecule has 0 amide bonds. The van der Waals surface area contributed by atoms with Crippen LogP contribution in [0.4, 0.5) is 19.0 Å². The van der Waals surface area contributed by atoms with Crippen molar-refractivity contribution in [2.24, 2.45) is 0 Å². The normalized spacial score (nSPS) is 15.4. The summed E-state index contributed by atoms with van der Waals surface area (Å²) in [6, 6.07) is 5.32. The number of nitrogens with zero attached hydrogens (tertiary/aromatic N) is 3. The molecule has 10 heteroatoms. The van der Waals surface area contributed by atoms with Gasteiger partial charge in [-0.25, -0.2) is 14.6 Å². The van der Waals surface area contributed by atoms with Gasteiger partial charge in [0.15, 0.2) is 6.61 Å². The third-order valence-corrected chi connectivity index (χ3v) is 3.49. The number of nitriles is 1. The van der Waals surface area contributed by atoms with Crippen molar-refractivity contribution in [3.63, 3.8) is 0 Å². The third-order valence-electron chi connectivity index (χ3n) is 3.49. The predicted octanol–water partition coefficient (Wildman–Crippen LogP) is 1.57. The van der Waals surface area contributed by atoms with E-state index in [4.69, 9.17) is 10.00 Å². The lowest BCUT2D eigenvalue weighted by molar-refractivity contribution is -0.202. The molecule has 0 radical (unpaired) electrons. The van der Waals surface area contributed by atoms with Crippen LogP contribution in [0.3, 0.4) is 0 Å². The molecule has 2 heterocycles. The summed E-state index contributed by atoms with van der Waals surface area (Å²) in [5, 5.41) is 8.73. The monoisotopic (exact) mass is 357 g/mol. The van der Waals surface area contributed by atoms with Crippen LogP contribution in [0.1, 0.15) is 18.4 Å². The highest BCUT2D eigenvalue weighted by Gasteiger charge is 2.41. The number of ether oxygens (including phenoxy) is 2. The Bertz CT molecular complexity index is 662. The largest absolute Gasteiger partial charge is 0.490 e. The lowest BCUT2D eigenvalue weighted by Gasteiger charge is -2.32. The highest BCUT2D eigenvalue weighted by Crippen LogP contribution is 2.20. The first-order valence-electron chi connectivity index (χ1n) is 7.34. The molecule has 1 aliphatic rings. The molecule has 2 rings (SSSR count). The average Bonchev–Trinajstić information content (AvgIpc) is 2.59. The SMILES string of the molecule is N#Cc1ccc(N2CCC(OC(=O)COC(=O)C(F)(F)F)CC2)nc1. The summed E-state index contributed by atoms with van der Waals surface area (Å²) in [4.78, 5) is 28.1. The second-order valence-corrected chi connectivity index (χ2v) is 5.27. The first kappa shape index (κ1) is 18.5. The Morgan fingerprint density at radius 1 is 1.32 bits per heavy atom. The van der Waals surface area contributed by atoms with Crippen molar-refractivity contribution in [1.29, 1.82) is 5.26 Å². The van der Waals surface area contributed by atoms with E-state index in [1.807, 2.05) is 11.0 Å². The molecule has 0 bridgehead atoms. The molecular formula is C15H14F3N3O4. The summed E-state index contributed by atoms with van der Waals surface area (Å²) >= 11 is 0. The molecule has 25 heavy (non-hydrogen) atoms. The van der Waals surface area contributed by atoms with Crippen molar-refractivity contribution >= 4 is 17.8 Å². The molecule has 134 valence electrons. The van der Waals surface area contributed by atoms with Crippen molar-refractivity contribution in [1.82, 2.24) is 4.98 Å². The van der Waals surface area contributed by atoms with E-state index in [2.05, 4.69) is 9.72 Å². The number of halogens is 3. The number of rotatable bonds is 4. The maximum Gasteiger partial charge on any atom is 0.490 e. The third kappa shape index (κ3) is 5.34. The van der Waals surface area contributed by atoms with E-state index in [1.165, 1.54) is 6.20 Å². The zero-order chi connectivity index (χ0) is 18.4. The molecule has 1 saturated heterocycles. The van der Waals surface area contributed by atoms with Gasteiger partial charge in [-0.3, -0.25) is 0 Å². The lowest BCUT2D eigenvalue weighted by Crippen LogP contribution is -2.39. The summed E-state index contributed by atoms with van der Waals surface area (Å²) < 4.78 is 44.7. The van der Waals surface area contributed by atoms with Crippen LogP contribution < -0.4 is 4.90 Å². The molecule has 0 N–H and O–H groups in total. The molecule has 0 unspecified atom stereocenters. The zero-order valence-electron chi connectivity index (χ0n) is 13.0. The van der Waals surface area contributed by atoms with Crippen LogP contribution in [0.25, 0.3) is 0 Å². The van der Waals surface area contributed by atoms with E-state index in [-0.39, 0.29) is 0 Å². The molecule has 1 fully saturated rings. The Balaban J connectivity index is 1.75. The van der Waals surface area contributed by atoms with Gasteiger partial charge in [0, 0.05) is 32.1 Å². The number of hydrogen-bond acceptors (Lipinski definition) is 7. The van der Waals surface area contributed by atoms with Crippen molar-refractivity contribution in [3.8, 4) is 6.07 Å². The molecule has 1 aliphatic heterocycles. The molecule has 1 aromatic heterocycles. The van der Waals surface area contributed by atoms with E-state index >= 15 is 0 Å². The van der Waals surface area contributed by atoms with Crippen molar-refractivity contribution in [3.05, 3.63) is 23.9 Å². The van der Waals surface area contributed by atoms with Crippen molar-refractivity contribution in [2.45, 2.75) is 25.1 Å². The highest BCUT2D eigenvalue weighted by molar-refractivity contribution is 5.79. The Kier molecular flexibility index (Phi) is 5.80. The van der Waals surface area contributed by atoms with E-state index in [9.17, 15) is 22.8 Å². The maximum atomic E-state index is 12.0. The summed E-state index contributed by atoms with van der Waals surface area (Å²) in [5.41, 5.74) is 0.445. The van der Waals surface area contributed by atoms with Crippen LogP contribution in [0.15, 0.2) is 18.3 Å². The van der Waals surface area contributed by atoms with Crippen molar-refractivity contribution in [2.75, 3.05) is 24.6 Å². The first-order valence-corrected chi connectivity index (χ1v) is 7.34. The smallest absolute Gasteiger partial charge is 0.460 e. The van der Waals surface area contributed by atoms with Gasteiger partial charge >= 0.3 is 18.1 Å².